The van der Waals surface area contributed by atoms with Crippen molar-refractivity contribution in [2.45, 2.75) is 6.54 Å². The summed E-state index contributed by atoms with van der Waals surface area (Å²) in [7, 11) is 3.49. The summed E-state index contributed by atoms with van der Waals surface area (Å²) in [4.78, 5) is 0. The highest BCUT2D eigenvalue weighted by molar-refractivity contribution is 6.30. The Morgan fingerprint density at radius 2 is 2.06 bits per heavy atom. The van der Waals surface area contributed by atoms with Crippen LogP contribution >= 0.6 is 11.6 Å². The van der Waals surface area contributed by atoms with Crippen LogP contribution in [0.3, 0.4) is 0 Å². The first-order valence-corrected chi connectivity index (χ1v) is 5.93. The van der Waals surface area contributed by atoms with Crippen molar-refractivity contribution < 1.29 is 4.74 Å². The fraction of sp³-hybridized carbons (Fsp3) is 0.231. The number of hydrogen-bond acceptors (Lipinski definition) is 4. The molecule has 0 radical (unpaired) electrons. The lowest BCUT2D eigenvalue weighted by atomic mass is 10.1. The van der Waals surface area contributed by atoms with E-state index < -0.39 is 0 Å². The Morgan fingerprint density at radius 1 is 1.22 bits per heavy atom. The van der Waals surface area contributed by atoms with Gasteiger partial charge in [-0.25, -0.2) is 0 Å². The highest BCUT2D eigenvalue weighted by atomic mass is 35.5. The largest absolute Gasteiger partial charge is 0.496 e. The molecule has 1 heterocycles. The van der Waals surface area contributed by atoms with Crippen LogP contribution in [0.2, 0.25) is 5.02 Å². The zero-order chi connectivity index (χ0) is 13.0. The highest BCUT2D eigenvalue weighted by Gasteiger charge is 2.08. The fourth-order valence-electron chi connectivity index (χ4n) is 1.66. The second-order valence-electron chi connectivity index (χ2n) is 3.78. The molecule has 0 saturated carbocycles. The molecule has 1 N–H and O–H groups in total. The number of hydrogen-bond donors (Lipinski definition) is 1. The van der Waals surface area contributed by atoms with Gasteiger partial charge in [-0.2, -0.15) is 10.2 Å². The first kappa shape index (κ1) is 12.8. The van der Waals surface area contributed by atoms with Gasteiger partial charge in [-0.15, -0.1) is 0 Å². The molecule has 18 heavy (non-hydrogen) atoms. The van der Waals surface area contributed by atoms with Crippen LogP contribution in [0.4, 0.5) is 0 Å². The number of methoxy groups -OCH3 is 1. The third-order valence-corrected chi connectivity index (χ3v) is 2.75. The first-order valence-electron chi connectivity index (χ1n) is 5.55. The third kappa shape index (κ3) is 2.78. The zero-order valence-corrected chi connectivity index (χ0v) is 11.0. The summed E-state index contributed by atoms with van der Waals surface area (Å²) in [5, 5.41) is 12.0. The molecule has 1 aromatic heterocycles. The van der Waals surface area contributed by atoms with Gasteiger partial charge in [0.25, 0.3) is 0 Å². The zero-order valence-electron chi connectivity index (χ0n) is 10.3. The van der Waals surface area contributed by atoms with Crippen LogP contribution in [0.5, 0.6) is 5.75 Å². The molecule has 2 aromatic rings. The van der Waals surface area contributed by atoms with Crippen molar-refractivity contribution in [2.75, 3.05) is 14.2 Å². The molecule has 0 unspecified atom stereocenters. The van der Waals surface area contributed by atoms with Gasteiger partial charge in [0.1, 0.15) is 5.75 Å². The number of benzene rings is 1. The van der Waals surface area contributed by atoms with Crippen LogP contribution < -0.4 is 10.1 Å². The van der Waals surface area contributed by atoms with E-state index in [2.05, 4.69) is 15.5 Å². The van der Waals surface area contributed by atoms with Crippen LogP contribution in [0.25, 0.3) is 11.3 Å². The van der Waals surface area contributed by atoms with Gasteiger partial charge in [0.2, 0.25) is 0 Å². The number of nitrogens with one attached hydrogen (secondary N) is 1. The van der Waals surface area contributed by atoms with Gasteiger partial charge in [0, 0.05) is 17.1 Å². The van der Waals surface area contributed by atoms with Crippen LogP contribution in [0, 0.1) is 0 Å². The van der Waals surface area contributed by atoms with E-state index in [1.165, 1.54) is 0 Å². The Balaban J connectivity index is 2.38. The van der Waals surface area contributed by atoms with Gasteiger partial charge in [0.15, 0.2) is 0 Å². The molecule has 0 spiro atoms. The SMILES string of the molecule is CNCc1ccc(-c2cc(Cl)ccc2OC)nn1. The predicted molar refractivity (Wildman–Crippen MR) is 71.8 cm³/mol. The van der Waals surface area contributed by atoms with Gasteiger partial charge >= 0.3 is 0 Å². The molecular formula is C13H14ClN3O. The smallest absolute Gasteiger partial charge is 0.128 e. The van der Waals surface area contributed by atoms with Gasteiger partial charge in [-0.1, -0.05) is 11.6 Å². The number of aromatic nitrogens is 2. The van der Waals surface area contributed by atoms with Crippen LogP contribution in [-0.2, 0) is 6.54 Å². The molecule has 2 rings (SSSR count). The minimum Gasteiger partial charge on any atom is -0.496 e. The summed E-state index contributed by atoms with van der Waals surface area (Å²) >= 11 is 5.99. The number of rotatable bonds is 4. The molecule has 1 aromatic carbocycles. The second kappa shape index (κ2) is 5.80. The molecule has 0 atom stereocenters. The lowest BCUT2D eigenvalue weighted by Gasteiger charge is -2.08. The Hall–Kier alpha value is -1.65. The third-order valence-electron chi connectivity index (χ3n) is 2.52. The average molecular weight is 264 g/mol. The predicted octanol–water partition coefficient (Wildman–Crippen LogP) is 2.53. The number of nitrogens with zero attached hydrogens (tertiary/aromatic N) is 2. The topological polar surface area (TPSA) is 47.0 Å². The second-order valence-corrected chi connectivity index (χ2v) is 4.22. The normalized spacial score (nSPS) is 10.4. The molecule has 0 amide bonds. The summed E-state index contributed by atoms with van der Waals surface area (Å²) < 4.78 is 5.29. The van der Waals surface area contributed by atoms with E-state index in [1.807, 2.05) is 31.3 Å². The summed E-state index contributed by atoms with van der Waals surface area (Å²) in [6.45, 7) is 0.694. The minimum absolute atomic E-state index is 0.645. The van der Waals surface area contributed by atoms with Gasteiger partial charge in [-0.3, -0.25) is 0 Å². The van der Waals surface area contributed by atoms with Crippen LogP contribution in [0.15, 0.2) is 30.3 Å². The quantitative estimate of drug-likeness (QED) is 0.921. The van der Waals surface area contributed by atoms with Crippen molar-refractivity contribution >= 4 is 11.6 Å². The lowest BCUT2D eigenvalue weighted by Crippen LogP contribution is -2.07. The lowest BCUT2D eigenvalue weighted by molar-refractivity contribution is 0.416. The van der Waals surface area contributed by atoms with E-state index in [-0.39, 0.29) is 0 Å². The Bertz CT molecular complexity index is 528. The van der Waals surface area contributed by atoms with E-state index in [9.17, 15) is 0 Å². The summed E-state index contributed by atoms with van der Waals surface area (Å²) in [5.41, 5.74) is 2.48. The summed E-state index contributed by atoms with van der Waals surface area (Å²) in [6, 6.07) is 9.27. The Morgan fingerprint density at radius 3 is 2.67 bits per heavy atom. The Kier molecular flexibility index (Phi) is 4.12. The van der Waals surface area contributed by atoms with Crippen molar-refractivity contribution in [1.82, 2.24) is 15.5 Å². The Labute approximate surface area is 111 Å². The monoisotopic (exact) mass is 263 g/mol. The maximum atomic E-state index is 5.99. The van der Waals surface area contributed by atoms with Crippen molar-refractivity contribution in [1.29, 1.82) is 0 Å². The van der Waals surface area contributed by atoms with E-state index in [0.29, 0.717) is 11.6 Å². The van der Waals surface area contributed by atoms with Crippen molar-refractivity contribution in [3.05, 3.63) is 41.0 Å². The van der Waals surface area contributed by atoms with Crippen molar-refractivity contribution in [3.63, 3.8) is 0 Å². The summed E-state index contributed by atoms with van der Waals surface area (Å²) in [6.07, 6.45) is 0. The van der Waals surface area contributed by atoms with Crippen LogP contribution in [-0.4, -0.2) is 24.4 Å². The van der Waals surface area contributed by atoms with Gasteiger partial charge in [0.05, 0.1) is 18.5 Å². The van der Waals surface area contributed by atoms with Crippen molar-refractivity contribution in [3.8, 4) is 17.0 Å². The minimum atomic E-state index is 0.645. The van der Waals surface area contributed by atoms with E-state index in [0.717, 1.165) is 22.7 Å². The first-order chi connectivity index (χ1) is 8.74. The summed E-state index contributed by atoms with van der Waals surface area (Å²) in [5.74, 6) is 0.732. The average Bonchev–Trinajstić information content (AvgIpc) is 2.40. The molecule has 0 fully saturated rings. The maximum absolute atomic E-state index is 5.99. The fourth-order valence-corrected chi connectivity index (χ4v) is 1.83. The van der Waals surface area contributed by atoms with Gasteiger partial charge < -0.3 is 10.1 Å². The molecule has 0 aliphatic rings. The van der Waals surface area contributed by atoms with Crippen LogP contribution in [0.1, 0.15) is 5.69 Å². The van der Waals surface area contributed by atoms with E-state index >= 15 is 0 Å². The van der Waals surface area contributed by atoms with E-state index in [4.69, 9.17) is 16.3 Å². The number of ether oxygens (including phenoxy) is 1. The van der Waals surface area contributed by atoms with Gasteiger partial charge in [-0.05, 0) is 37.4 Å². The molecule has 0 bridgehead atoms. The maximum Gasteiger partial charge on any atom is 0.128 e. The molecular weight excluding hydrogens is 250 g/mol. The number of halogens is 1. The highest BCUT2D eigenvalue weighted by Crippen LogP contribution is 2.30. The van der Waals surface area contributed by atoms with E-state index in [1.54, 1.807) is 13.2 Å². The molecule has 0 saturated heterocycles. The molecule has 4 nitrogen and oxygen atoms in total. The molecule has 5 heteroatoms. The molecule has 0 aliphatic carbocycles. The standard InChI is InChI=1S/C13H14ClN3O/c1-15-8-10-4-5-12(17-16-10)11-7-9(14)3-6-13(11)18-2/h3-7,15H,8H2,1-2H3. The van der Waals surface area contributed by atoms with Crippen molar-refractivity contribution in [2.24, 2.45) is 0 Å². The molecule has 94 valence electrons. The molecule has 0 aliphatic heterocycles.